The van der Waals surface area contributed by atoms with Crippen molar-refractivity contribution in [1.82, 2.24) is 5.32 Å². The maximum absolute atomic E-state index is 13.0. The molecule has 1 amide bonds. The Labute approximate surface area is 185 Å². The van der Waals surface area contributed by atoms with Crippen LogP contribution < -0.4 is 10.0 Å². The third-order valence-electron chi connectivity index (χ3n) is 4.20. The molecule has 2 N–H and O–H groups in total. The van der Waals surface area contributed by atoms with Crippen molar-refractivity contribution in [1.29, 1.82) is 0 Å². The van der Waals surface area contributed by atoms with E-state index in [1.165, 1.54) is 30.3 Å². The molecule has 0 aliphatic carbocycles. The zero-order valence-corrected chi connectivity index (χ0v) is 18.5. The Morgan fingerprint density at radius 3 is 2.45 bits per heavy atom. The molecule has 5 nitrogen and oxygen atoms in total. The highest BCUT2D eigenvalue weighted by Crippen LogP contribution is 2.29. The van der Waals surface area contributed by atoms with Gasteiger partial charge < -0.3 is 5.32 Å². The SMILES string of the molecule is CC[C@H](NC(=O)c1cc(Cl)ccc1NS(=O)(=O)c1ccc(Cl)s1)c1ccccc1.[HH]. The number of hydrogen-bond donors (Lipinski definition) is 2. The molecular weight excluding hydrogens is 451 g/mol. The molecule has 0 aliphatic rings. The van der Waals surface area contributed by atoms with Crippen molar-refractivity contribution in [2.45, 2.75) is 23.6 Å². The molecule has 0 fully saturated rings. The van der Waals surface area contributed by atoms with Crippen molar-refractivity contribution in [2.75, 3.05) is 4.72 Å². The lowest BCUT2D eigenvalue weighted by Gasteiger charge is -2.19. The van der Waals surface area contributed by atoms with Crippen LogP contribution in [0.25, 0.3) is 0 Å². The lowest BCUT2D eigenvalue weighted by Crippen LogP contribution is -2.29. The van der Waals surface area contributed by atoms with Gasteiger partial charge >= 0.3 is 0 Å². The number of carbonyl (C=O) groups excluding carboxylic acids is 1. The van der Waals surface area contributed by atoms with Crippen molar-refractivity contribution in [3.05, 3.63) is 81.1 Å². The quantitative estimate of drug-likeness (QED) is 0.445. The van der Waals surface area contributed by atoms with Gasteiger partial charge in [-0.3, -0.25) is 9.52 Å². The average molecular weight is 471 g/mol. The van der Waals surface area contributed by atoms with Gasteiger partial charge in [0, 0.05) is 6.45 Å². The zero-order valence-electron chi connectivity index (χ0n) is 15.4. The molecule has 3 aromatic rings. The summed E-state index contributed by atoms with van der Waals surface area (Å²) in [6, 6.07) is 16.7. The number of amides is 1. The molecule has 154 valence electrons. The largest absolute Gasteiger partial charge is 0.345 e. The van der Waals surface area contributed by atoms with E-state index >= 15 is 0 Å². The topological polar surface area (TPSA) is 75.3 Å². The molecule has 0 radical (unpaired) electrons. The van der Waals surface area contributed by atoms with Crippen molar-refractivity contribution >= 4 is 56.2 Å². The molecule has 0 aliphatic heterocycles. The molecule has 1 heterocycles. The second kappa shape index (κ2) is 9.17. The molecule has 1 aromatic heterocycles. The third-order valence-corrected chi connectivity index (χ3v) is 7.52. The van der Waals surface area contributed by atoms with E-state index in [1.54, 1.807) is 0 Å². The molecule has 29 heavy (non-hydrogen) atoms. The number of benzene rings is 2. The Kier molecular flexibility index (Phi) is 6.85. The van der Waals surface area contributed by atoms with Crippen LogP contribution in [0.1, 0.15) is 36.7 Å². The highest BCUT2D eigenvalue weighted by Gasteiger charge is 2.22. The lowest BCUT2D eigenvalue weighted by molar-refractivity contribution is 0.0936. The Morgan fingerprint density at radius 1 is 1.10 bits per heavy atom. The number of thiophene rings is 1. The smallest absolute Gasteiger partial charge is 0.271 e. The fourth-order valence-electron chi connectivity index (χ4n) is 2.77. The van der Waals surface area contributed by atoms with Crippen LogP contribution in [-0.4, -0.2) is 14.3 Å². The van der Waals surface area contributed by atoms with Crippen molar-refractivity contribution < 1.29 is 14.6 Å². The average Bonchev–Trinajstić information content (AvgIpc) is 3.15. The molecule has 0 bridgehead atoms. The van der Waals surface area contributed by atoms with Gasteiger partial charge in [0.1, 0.15) is 4.21 Å². The molecule has 3 rings (SSSR count). The Morgan fingerprint density at radius 2 is 1.83 bits per heavy atom. The predicted octanol–water partition coefficient (Wildman–Crippen LogP) is 5.98. The first-order chi connectivity index (χ1) is 13.8. The maximum atomic E-state index is 13.0. The van der Waals surface area contributed by atoms with Gasteiger partial charge in [-0.15, -0.1) is 11.3 Å². The van der Waals surface area contributed by atoms with E-state index in [2.05, 4.69) is 10.0 Å². The molecular formula is C20H20Cl2N2O3S2. The lowest BCUT2D eigenvalue weighted by atomic mass is 10.0. The van der Waals surface area contributed by atoms with E-state index in [4.69, 9.17) is 23.2 Å². The summed E-state index contributed by atoms with van der Waals surface area (Å²) in [7, 11) is -3.89. The monoisotopic (exact) mass is 470 g/mol. The van der Waals surface area contributed by atoms with E-state index in [-0.39, 0.29) is 22.9 Å². The summed E-state index contributed by atoms with van der Waals surface area (Å²) in [4.78, 5) is 13.0. The number of sulfonamides is 1. The Bertz CT molecular complexity index is 1120. The molecule has 9 heteroatoms. The highest BCUT2D eigenvalue weighted by molar-refractivity contribution is 7.94. The standard InChI is InChI=1S/C20H18Cl2N2O3S2.H2/c1-2-16(13-6-4-3-5-7-13)23-20(25)15-12-14(21)8-9-17(15)24-29(26,27)19-11-10-18(22)28-19;/h3-12,16,24H,2H2,1H3,(H,23,25);1H/t16-;/m0./s1. The summed E-state index contributed by atoms with van der Waals surface area (Å²) in [5.41, 5.74) is 1.23. The first kappa shape index (κ1) is 21.6. The van der Waals surface area contributed by atoms with E-state index in [0.717, 1.165) is 16.9 Å². The normalized spacial score (nSPS) is 12.4. The maximum Gasteiger partial charge on any atom is 0.271 e. The van der Waals surface area contributed by atoms with Crippen LogP contribution in [0.15, 0.2) is 64.9 Å². The minimum absolute atomic E-state index is 0. The van der Waals surface area contributed by atoms with E-state index in [0.29, 0.717) is 15.8 Å². The van der Waals surface area contributed by atoms with E-state index in [1.807, 2.05) is 37.3 Å². The fourth-order valence-corrected chi connectivity index (χ4v) is 5.51. The van der Waals surface area contributed by atoms with Crippen LogP contribution in [0.4, 0.5) is 5.69 Å². The first-order valence-electron chi connectivity index (χ1n) is 8.73. The van der Waals surface area contributed by atoms with Gasteiger partial charge in [-0.05, 0) is 42.3 Å². The summed E-state index contributed by atoms with van der Waals surface area (Å²) in [6.07, 6.45) is 0.672. The third kappa shape index (κ3) is 5.30. The molecule has 0 spiro atoms. The predicted molar refractivity (Wildman–Crippen MR) is 121 cm³/mol. The van der Waals surface area contributed by atoms with Gasteiger partial charge in [0.2, 0.25) is 0 Å². The number of halogens is 2. The number of hydrogen-bond acceptors (Lipinski definition) is 4. The zero-order chi connectivity index (χ0) is 21.0. The van der Waals surface area contributed by atoms with E-state index < -0.39 is 15.9 Å². The highest BCUT2D eigenvalue weighted by atomic mass is 35.5. The summed E-state index contributed by atoms with van der Waals surface area (Å²) in [5.74, 6) is -0.426. The molecule has 2 aromatic carbocycles. The van der Waals surface area contributed by atoms with Crippen LogP contribution >= 0.6 is 34.5 Å². The minimum Gasteiger partial charge on any atom is -0.345 e. The van der Waals surface area contributed by atoms with Crippen LogP contribution in [0.3, 0.4) is 0 Å². The van der Waals surface area contributed by atoms with Gasteiger partial charge in [0.05, 0.1) is 21.6 Å². The minimum atomic E-state index is -3.89. The van der Waals surface area contributed by atoms with Gasteiger partial charge in [-0.25, -0.2) is 8.42 Å². The second-order valence-electron chi connectivity index (χ2n) is 6.20. The number of anilines is 1. The van der Waals surface area contributed by atoms with Crippen molar-refractivity contribution in [3.63, 3.8) is 0 Å². The van der Waals surface area contributed by atoms with Gasteiger partial charge in [-0.1, -0.05) is 60.5 Å². The summed E-state index contributed by atoms with van der Waals surface area (Å²) < 4.78 is 28.2. The van der Waals surface area contributed by atoms with Crippen molar-refractivity contribution in [2.24, 2.45) is 0 Å². The Balaban J connectivity index is 0.00000320. The fraction of sp³-hybridized carbons (Fsp3) is 0.150. The van der Waals surface area contributed by atoms with Crippen LogP contribution in [0.5, 0.6) is 0 Å². The van der Waals surface area contributed by atoms with Gasteiger partial charge in [0.15, 0.2) is 0 Å². The molecule has 0 saturated heterocycles. The summed E-state index contributed by atoms with van der Waals surface area (Å²) in [6.45, 7) is 1.96. The number of rotatable bonds is 7. The number of carbonyl (C=O) groups is 1. The van der Waals surface area contributed by atoms with Crippen LogP contribution in [0.2, 0.25) is 9.36 Å². The van der Waals surface area contributed by atoms with Crippen molar-refractivity contribution in [3.8, 4) is 0 Å². The van der Waals surface area contributed by atoms with E-state index in [9.17, 15) is 13.2 Å². The summed E-state index contributed by atoms with van der Waals surface area (Å²) >= 11 is 12.8. The van der Waals surface area contributed by atoms with Gasteiger partial charge in [0.25, 0.3) is 15.9 Å². The first-order valence-corrected chi connectivity index (χ1v) is 11.8. The molecule has 1 atom stereocenters. The summed E-state index contributed by atoms with van der Waals surface area (Å²) in [5, 5.41) is 3.27. The van der Waals surface area contributed by atoms with Crippen LogP contribution in [0, 0.1) is 0 Å². The Hall–Kier alpha value is -2.06. The van der Waals surface area contributed by atoms with Gasteiger partial charge in [-0.2, -0.15) is 0 Å². The molecule has 0 unspecified atom stereocenters. The van der Waals surface area contributed by atoms with Crippen LogP contribution in [-0.2, 0) is 10.0 Å². The molecule has 0 saturated carbocycles. The number of nitrogens with one attached hydrogen (secondary N) is 2. The second-order valence-corrected chi connectivity index (χ2v) is 10.3.